The maximum absolute atomic E-state index is 6.50. The van der Waals surface area contributed by atoms with E-state index in [0.717, 1.165) is 0 Å². The number of rotatable bonds is 0. The Morgan fingerprint density at radius 1 is 0.571 bits per heavy atom. The zero-order chi connectivity index (χ0) is 6.00. The summed E-state index contributed by atoms with van der Waals surface area (Å²) in [7, 11) is 0. The van der Waals surface area contributed by atoms with Gasteiger partial charge in [0.1, 0.15) is 0 Å². The Labute approximate surface area is 46.4 Å². The van der Waals surface area contributed by atoms with Crippen molar-refractivity contribution in [3.63, 3.8) is 0 Å². The molecule has 0 fully saturated rings. The largest absolute Gasteiger partial charge is 0.202 e. The van der Waals surface area contributed by atoms with Crippen LogP contribution in [0.5, 0.6) is 0 Å². The van der Waals surface area contributed by atoms with Gasteiger partial charge in [0.25, 0.3) is 0 Å². The van der Waals surface area contributed by atoms with Crippen LogP contribution in [0.25, 0.3) is 0 Å². The first-order valence-electron chi connectivity index (χ1n) is 0.775. The third-order valence-corrected chi connectivity index (χ3v) is 0. The van der Waals surface area contributed by atoms with Gasteiger partial charge in [-0.1, -0.05) is 0 Å². The van der Waals surface area contributed by atoms with Crippen LogP contribution in [-0.4, -0.2) is 0 Å². The fourth-order valence-electron chi connectivity index (χ4n) is 0. The molecule has 0 N–H and O–H groups in total. The zero-order valence-electron chi connectivity index (χ0n) is 3.78. The highest BCUT2D eigenvalue weighted by atomic mass is 31.0. The second-order valence-electron chi connectivity index (χ2n) is 0. The van der Waals surface area contributed by atoms with Gasteiger partial charge < -0.3 is 0 Å². The second-order valence-corrected chi connectivity index (χ2v) is 0. The molecular formula is C3H6N3P. The lowest BCUT2D eigenvalue weighted by atomic mass is 11.9. The third-order valence-electron chi connectivity index (χ3n) is 0. The lowest BCUT2D eigenvalue weighted by molar-refractivity contribution is 1.58. The minimum absolute atomic E-state index is 0. The van der Waals surface area contributed by atoms with Crippen LogP contribution in [0.2, 0.25) is 0 Å². The van der Waals surface area contributed by atoms with Crippen LogP contribution in [-0.2, 0) is 0 Å². The van der Waals surface area contributed by atoms with Crippen LogP contribution >= 0.6 is 9.90 Å². The molecule has 0 amide bonds. The predicted octanol–water partition coefficient (Wildman–Crippen LogP) is 0.477. The molecule has 0 heterocycles. The molecule has 7 heavy (non-hydrogen) atoms. The molecule has 0 saturated carbocycles. The van der Waals surface area contributed by atoms with E-state index >= 15 is 0 Å². The Hall–Kier alpha value is -1.10. The van der Waals surface area contributed by atoms with Gasteiger partial charge in [-0.25, -0.2) is 15.8 Å². The van der Waals surface area contributed by atoms with Crippen molar-refractivity contribution in [2.24, 2.45) is 0 Å². The number of nitrogens with zero attached hydrogens (tertiary/aromatic N) is 3. The van der Waals surface area contributed by atoms with Crippen molar-refractivity contribution in [2.45, 2.75) is 0 Å². The molecule has 1 unspecified atom stereocenters. The molecule has 0 aliphatic heterocycles. The quantitative estimate of drug-likeness (QED) is 0.431. The molecule has 0 spiro atoms. The summed E-state index contributed by atoms with van der Waals surface area (Å²) in [6, 6.07) is 0. The van der Waals surface area contributed by atoms with Gasteiger partial charge in [0.05, 0.1) is 0 Å². The first kappa shape index (κ1) is 39.2. The van der Waals surface area contributed by atoms with E-state index < -0.39 is 0 Å². The lowest BCUT2D eigenvalue weighted by Gasteiger charge is -0.668. The first-order valence-corrected chi connectivity index (χ1v) is 0.775. The van der Waals surface area contributed by atoms with Gasteiger partial charge in [0.15, 0.2) is 0 Å². The van der Waals surface area contributed by atoms with Gasteiger partial charge in [0, 0.05) is 19.7 Å². The molecule has 3 nitrogen and oxygen atoms in total. The minimum Gasteiger partial charge on any atom is -0.202 e. The Morgan fingerprint density at radius 2 is 0.571 bits per heavy atom. The first-order chi connectivity index (χ1) is 3.00. The Balaban J connectivity index is -0.00000000900. The topological polar surface area (TPSA) is 71.4 Å². The van der Waals surface area contributed by atoms with Gasteiger partial charge >= 0.3 is 0 Å². The molecule has 0 aromatic heterocycles. The summed E-state index contributed by atoms with van der Waals surface area (Å²) in [5.41, 5.74) is 0. The number of hydrogen-bond donors (Lipinski definition) is 0. The average Bonchev–Trinajstić information content (AvgIpc) is 1.81. The van der Waals surface area contributed by atoms with E-state index in [1.807, 2.05) is 0 Å². The third kappa shape index (κ3) is 34.1. The van der Waals surface area contributed by atoms with Crippen LogP contribution in [0.4, 0.5) is 0 Å². The van der Waals surface area contributed by atoms with E-state index in [0.29, 0.717) is 0 Å². The molecule has 0 aliphatic carbocycles. The smallest absolute Gasteiger partial charge is 0.0462 e. The fourth-order valence-corrected chi connectivity index (χ4v) is 0. The van der Waals surface area contributed by atoms with E-state index in [-0.39, 0.29) is 9.90 Å². The summed E-state index contributed by atoms with van der Waals surface area (Å²) in [5.74, 6) is 0. The van der Waals surface area contributed by atoms with E-state index in [1.165, 1.54) is 0 Å². The van der Waals surface area contributed by atoms with Gasteiger partial charge in [-0.15, -0.1) is 0 Å². The van der Waals surface area contributed by atoms with Gasteiger partial charge in [-0.3, -0.25) is 0 Å². The van der Waals surface area contributed by atoms with E-state index in [4.69, 9.17) is 15.8 Å². The maximum Gasteiger partial charge on any atom is 0.0462 e. The van der Waals surface area contributed by atoms with Crippen molar-refractivity contribution in [1.82, 2.24) is 0 Å². The van der Waals surface area contributed by atoms with E-state index in [1.54, 1.807) is 0 Å². The zero-order valence-corrected chi connectivity index (χ0v) is 5.20. The molecule has 0 bridgehead atoms. The average molecular weight is 115 g/mol. The van der Waals surface area contributed by atoms with E-state index in [9.17, 15) is 0 Å². The molecule has 1 atom stereocenters. The van der Waals surface area contributed by atoms with Crippen molar-refractivity contribution in [3.05, 3.63) is 0 Å². The highest BCUT2D eigenvalue weighted by molar-refractivity contribution is 6.92. The van der Waals surface area contributed by atoms with Crippen LogP contribution in [0.1, 0.15) is 0 Å². The fraction of sp³-hybridized carbons (Fsp3) is 0. The van der Waals surface area contributed by atoms with E-state index in [2.05, 4.69) is 19.7 Å². The van der Waals surface area contributed by atoms with Crippen molar-refractivity contribution in [3.8, 4) is 19.7 Å². The standard InChI is InChI=1S/3CHN.H3P/c3*1-2;/h3*1H;1H3. The minimum atomic E-state index is 0. The summed E-state index contributed by atoms with van der Waals surface area (Å²) >= 11 is 0. The van der Waals surface area contributed by atoms with Crippen molar-refractivity contribution >= 4 is 9.90 Å². The molecule has 0 aromatic rings. The number of nitriles is 3. The van der Waals surface area contributed by atoms with Crippen molar-refractivity contribution in [1.29, 1.82) is 15.8 Å². The Kier molecular flexibility index (Phi) is 345. The highest BCUT2D eigenvalue weighted by Crippen LogP contribution is 0.861. The molecule has 0 saturated heterocycles. The summed E-state index contributed by atoms with van der Waals surface area (Å²) in [4.78, 5) is 0. The van der Waals surface area contributed by atoms with Gasteiger partial charge in [0.2, 0.25) is 0 Å². The van der Waals surface area contributed by atoms with Gasteiger partial charge in [-0.05, 0) is 0 Å². The molecule has 38 valence electrons. The molecule has 0 radical (unpaired) electrons. The van der Waals surface area contributed by atoms with Crippen LogP contribution in [0.15, 0.2) is 0 Å². The Bertz CT molecular complexity index is 38.7. The van der Waals surface area contributed by atoms with Gasteiger partial charge in [-0.2, -0.15) is 9.90 Å². The van der Waals surface area contributed by atoms with Crippen LogP contribution in [0, 0.1) is 35.5 Å². The van der Waals surface area contributed by atoms with Crippen molar-refractivity contribution < 1.29 is 0 Å². The predicted molar refractivity (Wildman–Crippen MR) is 31.1 cm³/mol. The summed E-state index contributed by atoms with van der Waals surface area (Å²) in [5, 5.41) is 19.5. The summed E-state index contributed by atoms with van der Waals surface area (Å²) in [6.45, 7) is 10.5. The normalized spacial score (nSPS) is 0.857. The molecule has 4 heteroatoms. The SMILES string of the molecule is C#N.C#N.C#N.P. The monoisotopic (exact) mass is 115 g/mol. The highest BCUT2D eigenvalue weighted by Gasteiger charge is 0.517. The maximum atomic E-state index is 6.50. The van der Waals surface area contributed by atoms with Crippen LogP contribution < -0.4 is 0 Å². The van der Waals surface area contributed by atoms with Crippen LogP contribution in [0.3, 0.4) is 0 Å². The molecular weight excluding hydrogens is 109 g/mol. The second kappa shape index (κ2) is 61.6. The number of hydrogen-bond acceptors (Lipinski definition) is 3. The van der Waals surface area contributed by atoms with Crippen molar-refractivity contribution in [2.75, 3.05) is 0 Å². The summed E-state index contributed by atoms with van der Waals surface area (Å²) in [6.07, 6.45) is 0. The Morgan fingerprint density at radius 3 is 0.571 bits per heavy atom. The molecule has 0 aromatic carbocycles. The molecule has 0 rings (SSSR count). The lowest BCUT2D eigenvalue weighted by Crippen LogP contribution is -0.569. The molecule has 0 aliphatic rings. The summed E-state index contributed by atoms with van der Waals surface area (Å²) < 4.78 is 0.